The van der Waals surface area contributed by atoms with Crippen molar-refractivity contribution in [1.82, 2.24) is 4.90 Å². The van der Waals surface area contributed by atoms with Gasteiger partial charge in [-0.15, -0.1) is 0 Å². The van der Waals surface area contributed by atoms with E-state index in [1.54, 1.807) is 20.8 Å². The van der Waals surface area contributed by atoms with Crippen LogP contribution in [0.4, 0.5) is 4.79 Å². The van der Waals surface area contributed by atoms with Crippen LogP contribution < -0.4 is 0 Å². The van der Waals surface area contributed by atoms with Gasteiger partial charge in [0.25, 0.3) is 0 Å². The maximum atomic E-state index is 12.4. The highest BCUT2D eigenvalue weighted by Crippen LogP contribution is 2.39. The number of ether oxygens (including phenoxy) is 1. The number of carboxylic acid groups (broad SMARTS) is 1. The van der Waals surface area contributed by atoms with E-state index in [0.29, 0.717) is 12.3 Å². The molecule has 20 heavy (non-hydrogen) atoms. The van der Waals surface area contributed by atoms with Crippen molar-refractivity contribution in [1.29, 1.82) is 0 Å². The third-order valence-corrected chi connectivity index (χ3v) is 4.23. The Bertz CT molecular complexity index is 388. The number of likely N-dealkylation sites (tertiary alicyclic amines) is 1. The number of nitrogens with zero attached hydrogens (tertiary/aromatic N) is 1. The molecule has 1 heterocycles. The Morgan fingerprint density at radius 2 is 1.80 bits per heavy atom. The third kappa shape index (κ3) is 3.25. The lowest BCUT2D eigenvalue weighted by molar-refractivity contribution is -0.142. The summed E-state index contributed by atoms with van der Waals surface area (Å²) in [5.41, 5.74) is -0.594. The number of rotatable bonds is 1. The molecule has 0 aromatic rings. The minimum atomic E-state index is -0.913. The monoisotopic (exact) mass is 283 g/mol. The zero-order chi connectivity index (χ0) is 14.9. The van der Waals surface area contributed by atoms with Gasteiger partial charge in [-0.2, -0.15) is 0 Å². The molecule has 114 valence electrons. The SMILES string of the molecule is CC(C)(C)OC(=O)N1C(C(=O)O)CC2CCCCCC21. The van der Waals surface area contributed by atoms with E-state index in [2.05, 4.69) is 0 Å². The van der Waals surface area contributed by atoms with Gasteiger partial charge in [0.15, 0.2) is 0 Å². The molecular weight excluding hydrogens is 258 g/mol. The summed E-state index contributed by atoms with van der Waals surface area (Å²) in [4.78, 5) is 25.3. The van der Waals surface area contributed by atoms with Gasteiger partial charge in [-0.25, -0.2) is 9.59 Å². The number of hydrogen-bond acceptors (Lipinski definition) is 3. The summed E-state index contributed by atoms with van der Waals surface area (Å²) in [6.45, 7) is 5.42. The van der Waals surface area contributed by atoms with Crippen LogP contribution in [-0.2, 0) is 9.53 Å². The van der Waals surface area contributed by atoms with E-state index in [-0.39, 0.29) is 6.04 Å². The van der Waals surface area contributed by atoms with E-state index in [1.165, 1.54) is 11.3 Å². The molecule has 1 saturated carbocycles. The van der Waals surface area contributed by atoms with Gasteiger partial charge < -0.3 is 9.84 Å². The predicted octanol–water partition coefficient (Wildman–Crippen LogP) is 3.03. The zero-order valence-corrected chi connectivity index (χ0v) is 12.6. The van der Waals surface area contributed by atoms with Crippen molar-refractivity contribution in [2.24, 2.45) is 5.92 Å². The molecule has 5 heteroatoms. The topological polar surface area (TPSA) is 66.8 Å². The van der Waals surface area contributed by atoms with Gasteiger partial charge in [0.1, 0.15) is 11.6 Å². The Labute approximate surface area is 120 Å². The molecule has 2 rings (SSSR count). The fraction of sp³-hybridized carbons (Fsp3) is 0.867. The largest absolute Gasteiger partial charge is 0.480 e. The van der Waals surface area contributed by atoms with Crippen LogP contribution in [0, 0.1) is 5.92 Å². The van der Waals surface area contributed by atoms with Crippen LogP contribution in [0.2, 0.25) is 0 Å². The lowest BCUT2D eigenvalue weighted by Gasteiger charge is -2.31. The molecule has 2 fully saturated rings. The second kappa shape index (κ2) is 5.62. The zero-order valence-electron chi connectivity index (χ0n) is 12.6. The van der Waals surface area contributed by atoms with Crippen LogP contribution in [0.25, 0.3) is 0 Å². The van der Waals surface area contributed by atoms with Gasteiger partial charge in [0, 0.05) is 6.04 Å². The summed E-state index contributed by atoms with van der Waals surface area (Å²) >= 11 is 0. The van der Waals surface area contributed by atoms with Gasteiger partial charge >= 0.3 is 12.1 Å². The molecule has 1 N–H and O–H groups in total. The van der Waals surface area contributed by atoms with Gasteiger partial charge in [0.05, 0.1) is 0 Å². The van der Waals surface area contributed by atoms with Crippen molar-refractivity contribution in [3.8, 4) is 0 Å². The lowest BCUT2D eigenvalue weighted by atomic mass is 9.94. The Morgan fingerprint density at radius 3 is 2.40 bits per heavy atom. The minimum absolute atomic E-state index is 0.0356. The second-order valence-electron chi connectivity index (χ2n) is 6.94. The van der Waals surface area contributed by atoms with E-state index >= 15 is 0 Å². The van der Waals surface area contributed by atoms with Crippen molar-refractivity contribution in [3.63, 3.8) is 0 Å². The molecule has 3 atom stereocenters. The quantitative estimate of drug-likeness (QED) is 0.803. The number of carbonyl (C=O) groups is 2. The van der Waals surface area contributed by atoms with E-state index in [1.807, 2.05) is 0 Å². The number of fused-ring (bicyclic) bond motifs is 1. The maximum Gasteiger partial charge on any atom is 0.411 e. The molecule has 1 aliphatic heterocycles. The fourth-order valence-corrected chi connectivity index (χ4v) is 3.43. The first-order valence-corrected chi connectivity index (χ1v) is 7.54. The highest BCUT2D eigenvalue weighted by Gasteiger charge is 2.48. The molecule has 2 aliphatic rings. The van der Waals surface area contributed by atoms with E-state index in [4.69, 9.17) is 4.74 Å². The molecule has 0 spiro atoms. The number of hydrogen-bond donors (Lipinski definition) is 1. The standard InChI is InChI=1S/C15H25NO4/c1-15(2,3)20-14(19)16-11-8-6-4-5-7-10(11)9-12(16)13(17)18/h10-12H,4-9H2,1-3H3,(H,17,18). The lowest BCUT2D eigenvalue weighted by Crippen LogP contribution is -2.47. The van der Waals surface area contributed by atoms with Crippen LogP contribution in [-0.4, -0.2) is 39.8 Å². The summed E-state index contributed by atoms with van der Waals surface area (Å²) in [6, 6.07) is -0.689. The van der Waals surface area contributed by atoms with Crippen molar-refractivity contribution in [3.05, 3.63) is 0 Å². The van der Waals surface area contributed by atoms with E-state index in [0.717, 1.165) is 25.7 Å². The number of carbonyl (C=O) groups excluding carboxylic acids is 1. The molecule has 0 bridgehead atoms. The van der Waals surface area contributed by atoms with Gasteiger partial charge in [-0.1, -0.05) is 19.3 Å². The maximum absolute atomic E-state index is 12.4. The van der Waals surface area contributed by atoms with Crippen LogP contribution in [0.15, 0.2) is 0 Å². The smallest absolute Gasteiger partial charge is 0.411 e. The van der Waals surface area contributed by atoms with Crippen LogP contribution >= 0.6 is 0 Å². The van der Waals surface area contributed by atoms with Crippen LogP contribution in [0.1, 0.15) is 59.3 Å². The molecule has 0 aromatic heterocycles. The molecule has 0 radical (unpaired) electrons. The summed E-state index contributed by atoms with van der Waals surface area (Å²) in [5, 5.41) is 9.40. The van der Waals surface area contributed by atoms with Crippen LogP contribution in [0.3, 0.4) is 0 Å². The first-order valence-electron chi connectivity index (χ1n) is 7.54. The first-order chi connectivity index (χ1) is 9.29. The summed E-state index contributed by atoms with van der Waals surface area (Å²) < 4.78 is 5.42. The van der Waals surface area contributed by atoms with E-state index < -0.39 is 23.7 Å². The highest BCUT2D eigenvalue weighted by molar-refractivity contribution is 5.81. The average molecular weight is 283 g/mol. The highest BCUT2D eigenvalue weighted by atomic mass is 16.6. The Balaban J connectivity index is 2.20. The predicted molar refractivity (Wildman–Crippen MR) is 74.5 cm³/mol. The Kier molecular flexibility index (Phi) is 4.25. The summed E-state index contributed by atoms with van der Waals surface area (Å²) in [7, 11) is 0. The van der Waals surface area contributed by atoms with Crippen LogP contribution in [0.5, 0.6) is 0 Å². The molecular formula is C15H25NO4. The van der Waals surface area contributed by atoms with Crippen molar-refractivity contribution in [2.45, 2.75) is 77.0 Å². The van der Waals surface area contributed by atoms with Gasteiger partial charge in [-0.3, -0.25) is 4.90 Å². The first kappa shape index (κ1) is 15.1. The van der Waals surface area contributed by atoms with Crippen molar-refractivity contribution in [2.75, 3.05) is 0 Å². The minimum Gasteiger partial charge on any atom is -0.480 e. The Hall–Kier alpha value is -1.26. The van der Waals surface area contributed by atoms with Crippen molar-refractivity contribution >= 4 is 12.1 Å². The molecule has 1 aliphatic carbocycles. The molecule has 1 amide bonds. The molecule has 5 nitrogen and oxygen atoms in total. The fourth-order valence-electron chi connectivity index (χ4n) is 3.43. The molecule has 3 unspecified atom stereocenters. The summed E-state index contributed by atoms with van der Waals surface area (Å²) in [6.07, 6.45) is 5.38. The van der Waals surface area contributed by atoms with E-state index in [9.17, 15) is 14.7 Å². The van der Waals surface area contributed by atoms with Crippen molar-refractivity contribution < 1.29 is 19.4 Å². The number of amides is 1. The Morgan fingerprint density at radius 1 is 1.15 bits per heavy atom. The second-order valence-corrected chi connectivity index (χ2v) is 6.94. The summed E-state index contributed by atoms with van der Waals surface area (Å²) in [5.74, 6) is -0.602. The molecule has 0 aromatic carbocycles. The number of carboxylic acids is 1. The van der Waals surface area contributed by atoms with Gasteiger partial charge in [-0.05, 0) is 46.0 Å². The average Bonchev–Trinajstić information content (AvgIpc) is 2.52. The normalized spacial score (nSPS) is 30.6. The third-order valence-electron chi connectivity index (χ3n) is 4.23. The molecule has 1 saturated heterocycles. The van der Waals surface area contributed by atoms with Gasteiger partial charge in [0.2, 0.25) is 0 Å². The number of aliphatic carboxylic acids is 1.